The van der Waals surface area contributed by atoms with Gasteiger partial charge in [-0.3, -0.25) is 4.79 Å². The molecule has 5 rings (SSSR count). The molecule has 0 radical (unpaired) electrons. The number of hydrogen-bond acceptors (Lipinski definition) is 6. The van der Waals surface area contributed by atoms with E-state index in [1.165, 1.54) is 15.9 Å². The number of aromatic nitrogens is 4. The third-order valence-electron chi connectivity index (χ3n) is 4.33. The summed E-state index contributed by atoms with van der Waals surface area (Å²) < 4.78 is 1.32. The number of fused-ring (bicyclic) bond motifs is 3. The molecule has 0 aliphatic rings. The number of benzene rings is 2. The highest BCUT2D eigenvalue weighted by Crippen LogP contribution is 2.25. The average molecular weight is 360 g/mol. The zero-order chi connectivity index (χ0) is 17.8. The molecule has 0 aliphatic heterocycles. The third kappa shape index (κ3) is 2.18. The molecular weight excluding hydrogens is 348 g/mol. The lowest BCUT2D eigenvalue weighted by molar-refractivity contribution is 0.475. The molecule has 0 spiro atoms. The van der Waals surface area contributed by atoms with E-state index in [1.807, 2.05) is 31.2 Å². The van der Waals surface area contributed by atoms with Crippen molar-refractivity contribution >= 4 is 37.4 Å². The molecule has 0 amide bonds. The Morgan fingerprint density at radius 3 is 2.69 bits per heavy atom. The molecule has 5 aromatic rings. The van der Waals surface area contributed by atoms with Gasteiger partial charge in [-0.25, -0.2) is 4.98 Å². The quantitative estimate of drug-likeness (QED) is 0.463. The molecule has 0 saturated carbocycles. The SMILES string of the molecule is Cc1cccc2cc3c(=O)n4nc(-c5ccc(O)cc5)nc4sc3nc12. The molecule has 3 heterocycles. The third-order valence-corrected chi connectivity index (χ3v) is 5.28. The van der Waals surface area contributed by atoms with E-state index in [0.717, 1.165) is 22.0 Å². The fourth-order valence-electron chi connectivity index (χ4n) is 2.99. The van der Waals surface area contributed by atoms with Crippen molar-refractivity contribution in [2.24, 2.45) is 0 Å². The van der Waals surface area contributed by atoms with Crippen molar-refractivity contribution in [3.63, 3.8) is 0 Å². The second-order valence-electron chi connectivity index (χ2n) is 6.07. The van der Waals surface area contributed by atoms with Crippen LogP contribution in [0, 0.1) is 6.92 Å². The monoisotopic (exact) mass is 360 g/mol. The summed E-state index contributed by atoms with van der Waals surface area (Å²) in [4.78, 5) is 23.2. The molecule has 6 nitrogen and oxygen atoms in total. The standard InChI is InChI=1S/C19H12N4O2S/c1-10-3-2-4-12-9-14-17(20-15(10)12)26-19-21-16(22-23(19)18(14)25)11-5-7-13(24)8-6-11/h2-9,24H,1H3. The Hall–Kier alpha value is -3.32. The summed E-state index contributed by atoms with van der Waals surface area (Å²) in [7, 11) is 0. The average Bonchev–Trinajstić information content (AvgIpc) is 3.06. The number of phenolic OH excluding ortho intramolecular Hbond substituents is 1. The maximum Gasteiger partial charge on any atom is 0.283 e. The summed E-state index contributed by atoms with van der Waals surface area (Å²) in [6.45, 7) is 2.00. The lowest BCUT2D eigenvalue weighted by Gasteiger charge is -2.03. The van der Waals surface area contributed by atoms with E-state index in [-0.39, 0.29) is 11.3 Å². The number of pyridine rings is 1. The largest absolute Gasteiger partial charge is 0.508 e. The van der Waals surface area contributed by atoms with Crippen molar-refractivity contribution in [2.45, 2.75) is 6.92 Å². The maximum atomic E-state index is 12.9. The lowest BCUT2D eigenvalue weighted by atomic mass is 10.1. The number of aryl methyl sites for hydroxylation is 1. The van der Waals surface area contributed by atoms with Crippen LogP contribution in [0.5, 0.6) is 5.75 Å². The van der Waals surface area contributed by atoms with Crippen LogP contribution >= 0.6 is 11.3 Å². The minimum absolute atomic E-state index is 0.168. The maximum absolute atomic E-state index is 12.9. The first-order valence-corrected chi connectivity index (χ1v) is 8.81. The van der Waals surface area contributed by atoms with Gasteiger partial charge in [0.1, 0.15) is 10.6 Å². The summed E-state index contributed by atoms with van der Waals surface area (Å²) >= 11 is 1.34. The first kappa shape index (κ1) is 15.0. The van der Waals surface area contributed by atoms with Gasteiger partial charge < -0.3 is 5.11 Å². The van der Waals surface area contributed by atoms with Gasteiger partial charge in [0.25, 0.3) is 5.56 Å². The normalized spacial score (nSPS) is 11.6. The smallest absolute Gasteiger partial charge is 0.283 e. The Kier molecular flexibility index (Phi) is 3.07. The van der Waals surface area contributed by atoms with Crippen molar-refractivity contribution in [2.75, 3.05) is 0 Å². The van der Waals surface area contributed by atoms with Gasteiger partial charge in [-0.15, -0.1) is 5.10 Å². The van der Waals surface area contributed by atoms with Gasteiger partial charge in [-0.05, 0) is 42.8 Å². The van der Waals surface area contributed by atoms with Crippen LogP contribution in [0.3, 0.4) is 0 Å². The van der Waals surface area contributed by atoms with Crippen LogP contribution in [0.25, 0.3) is 37.5 Å². The zero-order valence-corrected chi connectivity index (χ0v) is 14.5. The van der Waals surface area contributed by atoms with Crippen LogP contribution in [-0.4, -0.2) is 24.7 Å². The van der Waals surface area contributed by atoms with Gasteiger partial charge in [-0.1, -0.05) is 29.5 Å². The topological polar surface area (TPSA) is 80.4 Å². The first-order chi connectivity index (χ1) is 12.6. The predicted octanol–water partition coefficient (Wildman–Crippen LogP) is 3.53. The molecule has 0 aliphatic carbocycles. The van der Waals surface area contributed by atoms with Crippen LogP contribution in [0.4, 0.5) is 0 Å². The second-order valence-corrected chi connectivity index (χ2v) is 7.03. The molecule has 0 unspecified atom stereocenters. The molecule has 1 N–H and O–H groups in total. The second kappa shape index (κ2) is 5.34. The highest BCUT2D eigenvalue weighted by Gasteiger charge is 2.14. The van der Waals surface area contributed by atoms with E-state index in [9.17, 15) is 9.90 Å². The number of aromatic hydroxyl groups is 1. The fourth-order valence-corrected chi connectivity index (χ4v) is 3.90. The number of rotatable bonds is 1. The van der Waals surface area contributed by atoms with Crippen molar-refractivity contribution < 1.29 is 5.11 Å². The molecule has 7 heteroatoms. The minimum Gasteiger partial charge on any atom is -0.508 e. The van der Waals surface area contributed by atoms with Crippen LogP contribution in [0.2, 0.25) is 0 Å². The first-order valence-electron chi connectivity index (χ1n) is 7.99. The number of nitrogens with zero attached hydrogens (tertiary/aromatic N) is 4. The summed E-state index contributed by atoms with van der Waals surface area (Å²) in [6.07, 6.45) is 0. The summed E-state index contributed by atoms with van der Waals surface area (Å²) in [6, 6.07) is 14.3. The van der Waals surface area contributed by atoms with Gasteiger partial charge >= 0.3 is 0 Å². The van der Waals surface area contributed by atoms with Crippen molar-refractivity contribution in [3.05, 3.63) is 64.4 Å². The van der Waals surface area contributed by atoms with Gasteiger partial charge in [-0.2, -0.15) is 9.50 Å². The summed E-state index contributed by atoms with van der Waals surface area (Å²) in [5.74, 6) is 0.608. The number of para-hydroxylation sites is 1. The van der Waals surface area contributed by atoms with E-state index in [0.29, 0.717) is 21.0 Å². The molecule has 126 valence electrons. The van der Waals surface area contributed by atoms with Crippen LogP contribution < -0.4 is 5.56 Å². The van der Waals surface area contributed by atoms with Crippen LogP contribution in [0.1, 0.15) is 5.56 Å². The van der Waals surface area contributed by atoms with Crippen molar-refractivity contribution in [3.8, 4) is 17.1 Å². The van der Waals surface area contributed by atoms with E-state index in [4.69, 9.17) is 0 Å². The van der Waals surface area contributed by atoms with Gasteiger partial charge in [0.2, 0.25) is 4.96 Å². The van der Waals surface area contributed by atoms with Crippen molar-refractivity contribution in [1.82, 2.24) is 19.6 Å². The number of phenols is 1. The van der Waals surface area contributed by atoms with E-state index >= 15 is 0 Å². The van der Waals surface area contributed by atoms with E-state index in [1.54, 1.807) is 24.3 Å². The molecule has 0 atom stereocenters. The minimum atomic E-state index is -0.234. The van der Waals surface area contributed by atoms with Crippen molar-refractivity contribution in [1.29, 1.82) is 0 Å². The Morgan fingerprint density at radius 1 is 1.08 bits per heavy atom. The molecule has 0 bridgehead atoms. The van der Waals surface area contributed by atoms with E-state index in [2.05, 4.69) is 15.1 Å². The fraction of sp³-hybridized carbons (Fsp3) is 0.0526. The summed E-state index contributed by atoms with van der Waals surface area (Å²) in [5, 5.41) is 15.2. The van der Waals surface area contributed by atoms with E-state index < -0.39 is 0 Å². The highest BCUT2D eigenvalue weighted by molar-refractivity contribution is 7.22. The van der Waals surface area contributed by atoms with Gasteiger partial charge in [0.15, 0.2) is 5.82 Å². The van der Waals surface area contributed by atoms with Crippen LogP contribution in [0.15, 0.2) is 53.3 Å². The number of hydrogen-bond donors (Lipinski definition) is 1. The Labute approximate surface area is 151 Å². The predicted molar refractivity (Wildman–Crippen MR) is 102 cm³/mol. The Balaban J connectivity index is 1.82. The van der Waals surface area contributed by atoms with Crippen LogP contribution in [-0.2, 0) is 0 Å². The van der Waals surface area contributed by atoms with Gasteiger partial charge in [0.05, 0.1) is 10.9 Å². The zero-order valence-electron chi connectivity index (χ0n) is 13.7. The Bertz CT molecular complexity index is 1370. The Morgan fingerprint density at radius 2 is 1.88 bits per heavy atom. The molecule has 3 aromatic heterocycles. The lowest BCUT2D eigenvalue weighted by Crippen LogP contribution is -2.13. The molecule has 2 aromatic carbocycles. The molecule has 26 heavy (non-hydrogen) atoms. The summed E-state index contributed by atoms with van der Waals surface area (Å²) in [5.41, 5.74) is 2.45. The molecule has 0 fully saturated rings. The molecule has 0 saturated heterocycles. The highest BCUT2D eigenvalue weighted by atomic mass is 32.1. The van der Waals surface area contributed by atoms with Gasteiger partial charge in [0, 0.05) is 10.9 Å². The molecular formula is C19H12N4O2S.